The summed E-state index contributed by atoms with van der Waals surface area (Å²) in [6.45, 7) is 6.81. The average Bonchev–Trinajstić information content (AvgIpc) is 2.85. The van der Waals surface area contributed by atoms with Crippen molar-refractivity contribution in [3.8, 4) is 5.75 Å². The summed E-state index contributed by atoms with van der Waals surface area (Å²) in [5.74, 6) is 1.04. The predicted octanol–water partition coefficient (Wildman–Crippen LogP) is 2.21. The Labute approximate surface area is 131 Å². The molecule has 2 rings (SSSR count). The van der Waals surface area contributed by atoms with Crippen molar-refractivity contribution in [2.24, 2.45) is 11.3 Å². The van der Waals surface area contributed by atoms with E-state index in [4.69, 9.17) is 4.74 Å². The number of methoxy groups -OCH3 is 1. The van der Waals surface area contributed by atoms with Crippen molar-refractivity contribution in [3.05, 3.63) is 24.3 Å². The number of benzene rings is 1. The fraction of sp³-hybridized carbons (Fsp3) is 0.529. The van der Waals surface area contributed by atoms with Gasteiger partial charge in [-0.1, -0.05) is 20.8 Å². The number of amides is 2. The van der Waals surface area contributed by atoms with Gasteiger partial charge < -0.3 is 15.0 Å². The summed E-state index contributed by atoms with van der Waals surface area (Å²) >= 11 is 0. The van der Waals surface area contributed by atoms with Crippen LogP contribution < -0.4 is 15.0 Å². The highest BCUT2D eigenvalue weighted by Gasteiger charge is 2.31. The van der Waals surface area contributed by atoms with Gasteiger partial charge in [0.2, 0.25) is 11.8 Å². The summed E-state index contributed by atoms with van der Waals surface area (Å²) in [7, 11) is 1.62. The Hall–Kier alpha value is -2.04. The lowest BCUT2D eigenvalue weighted by atomic mass is 9.95. The molecular formula is C17H24N2O3. The van der Waals surface area contributed by atoms with Crippen molar-refractivity contribution >= 4 is 17.5 Å². The maximum atomic E-state index is 12.2. The minimum absolute atomic E-state index is 0.0165. The molecule has 0 saturated carbocycles. The van der Waals surface area contributed by atoms with Gasteiger partial charge in [0, 0.05) is 36.5 Å². The summed E-state index contributed by atoms with van der Waals surface area (Å²) in [5.41, 5.74) is 0.466. The molecule has 0 bridgehead atoms. The van der Waals surface area contributed by atoms with E-state index < -0.39 is 5.41 Å². The maximum Gasteiger partial charge on any atom is 0.227 e. The second-order valence-electron chi connectivity index (χ2n) is 6.73. The summed E-state index contributed by atoms with van der Waals surface area (Å²) in [4.78, 5) is 25.8. The standard InChI is InChI=1S/C17H24N2O3/c1-17(2,3)16(21)18-10-12-9-15(20)19(11-12)13-5-7-14(22-4)8-6-13/h5-8,12H,9-11H2,1-4H3,(H,18,21)/t12-/m0/s1. The van der Waals surface area contributed by atoms with Crippen molar-refractivity contribution in [2.45, 2.75) is 27.2 Å². The van der Waals surface area contributed by atoms with Crippen LogP contribution in [0.5, 0.6) is 5.75 Å². The van der Waals surface area contributed by atoms with E-state index in [1.807, 2.05) is 45.0 Å². The number of nitrogens with one attached hydrogen (secondary N) is 1. The number of hydrogen-bond acceptors (Lipinski definition) is 3. The third-order valence-corrected chi connectivity index (χ3v) is 3.82. The molecule has 0 radical (unpaired) electrons. The third kappa shape index (κ3) is 3.78. The molecule has 0 spiro atoms. The van der Waals surface area contributed by atoms with E-state index in [-0.39, 0.29) is 17.7 Å². The van der Waals surface area contributed by atoms with Gasteiger partial charge in [0.25, 0.3) is 0 Å². The Balaban J connectivity index is 1.94. The first-order valence-corrected chi connectivity index (χ1v) is 7.54. The van der Waals surface area contributed by atoms with Gasteiger partial charge in [0.05, 0.1) is 7.11 Å². The summed E-state index contributed by atoms with van der Waals surface area (Å²) in [6, 6.07) is 7.45. The Morgan fingerprint density at radius 1 is 1.32 bits per heavy atom. The van der Waals surface area contributed by atoms with Gasteiger partial charge >= 0.3 is 0 Å². The fourth-order valence-electron chi connectivity index (χ4n) is 2.43. The molecule has 1 N–H and O–H groups in total. The molecule has 1 fully saturated rings. The lowest BCUT2D eigenvalue weighted by Crippen LogP contribution is -2.38. The van der Waals surface area contributed by atoms with Gasteiger partial charge in [-0.25, -0.2) is 0 Å². The van der Waals surface area contributed by atoms with Gasteiger partial charge in [-0.15, -0.1) is 0 Å². The molecule has 1 aliphatic rings. The zero-order valence-corrected chi connectivity index (χ0v) is 13.7. The normalized spacial score (nSPS) is 18.5. The SMILES string of the molecule is COc1ccc(N2C[C@H](CNC(=O)C(C)(C)C)CC2=O)cc1. The molecule has 0 aromatic heterocycles. The molecule has 1 saturated heterocycles. The monoisotopic (exact) mass is 304 g/mol. The van der Waals surface area contributed by atoms with Crippen LogP contribution in [0.3, 0.4) is 0 Å². The Kier molecular flexibility index (Phi) is 4.74. The van der Waals surface area contributed by atoms with Crippen LogP contribution >= 0.6 is 0 Å². The molecule has 1 aromatic carbocycles. The van der Waals surface area contributed by atoms with Gasteiger partial charge in [-0.05, 0) is 24.3 Å². The molecule has 1 heterocycles. The van der Waals surface area contributed by atoms with Crippen LogP contribution in [0.1, 0.15) is 27.2 Å². The van der Waals surface area contributed by atoms with E-state index in [1.165, 1.54) is 0 Å². The first-order chi connectivity index (χ1) is 10.3. The lowest BCUT2D eigenvalue weighted by Gasteiger charge is -2.20. The second-order valence-corrected chi connectivity index (χ2v) is 6.73. The van der Waals surface area contributed by atoms with Gasteiger partial charge in [0.15, 0.2) is 0 Å². The van der Waals surface area contributed by atoms with Crippen LogP contribution in [0.2, 0.25) is 0 Å². The molecule has 5 nitrogen and oxygen atoms in total. The van der Waals surface area contributed by atoms with Crippen molar-refractivity contribution in [1.29, 1.82) is 0 Å². The molecule has 0 aliphatic carbocycles. The van der Waals surface area contributed by atoms with Crippen LogP contribution in [0.15, 0.2) is 24.3 Å². The number of carbonyl (C=O) groups is 2. The lowest BCUT2D eigenvalue weighted by molar-refractivity contribution is -0.128. The molecule has 5 heteroatoms. The quantitative estimate of drug-likeness (QED) is 0.928. The summed E-state index contributed by atoms with van der Waals surface area (Å²) in [6.07, 6.45) is 0.469. The molecule has 120 valence electrons. The zero-order chi connectivity index (χ0) is 16.3. The third-order valence-electron chi connectivity index (χ3n) is 3.82. The largest absolute Gasteiger partial charge is 0.497 e. The average molecular weight is 304 g/mol. The Morgan fingerprint density at radius 2 is 1.95 bits per heavy atom. The van der Waals surface area contributed by atoms with Crippen LogP contribution in [0.4, 0.5) is 5.69 Å². The highest BCUT2D eigenvalue weighted by molar-refractivity contribution is 5.95. The second kappa shape index (κ2) is 6.38. The van der Waals surface area contributed by atoms with Crippen LogP contribution in [-0.4, -0.2) is 32.0 Å². The van der Waals surface area contributed by atoms with Crippen molar-refractivity contribution in [1.82, 2.24) is 5.32 Å². The highest BCUT2D eigenvalue weighted by atomic mass is 16.5. The number of ether oxygens (including phenoxy) is 1. The van der Waals surface area contributed by atoms with Crippen molar-refractivity contribution < 1.29 is 14.3 Å². The molecule has 1 aromatic rings. The van der Waals surface area contributed by atoms with Gasteiger partial charge in [0.1, 0.15) is 5.75 Å². The molecule has 0 unspecified atom stereocenters. The molecular weight excluding hydrogens is 280 g/mol. The Morgan fingerprint density at radius 3 is 2.50 bits per heavy atom. The zero-order valence-electron chi connectivity index (χ0n) is 13.7. The minimum Gasteiger partial charge on any atom is -0.497 e. The van der Waals surface area contributed by atoms with Crippen LogP contribution in [-0.2, 0) is 9.59 Å². The number of carbonyl (C=O) groups excluding carboxylic acids is 2. The smallest absolute Gasteiger partial charge is 0.227 e. The van der Waals surface area contributed by atoms with Gasteiger partial charge in [-0.2, -0.15) is 0 Å². The number of anilines is 1. The molecule has 1 aliphatic heterocycles. The van der Waals surface area contributed by atoms with E-state index >= 15 is 0 Å². The van der Waals surface area contributed by atoms with E-state index in [9.17, 15) is 9.59 Å². The van der Waals surface area contributed by atoms with Crippen LogP contribution in [0.25, 0.3) is 0 Å². The van der Waals surface area contributed by atoms with Gasteiger partial charge in [-0.3, -0.25) is 9.59 Å². The predicted molar refractivity (Wildman–Crippen MR) is 85.9 cm³/mol. The Bertz CT molecular complexity index is 546. The maximum absolute atomic E-state index is 12.2. The molecule has 22 heavy (non-hydrogen) atoms. The van der Waals surface area contributed by atoms with Crippen molar-refractivity contribution in [2.75, 3.05) is 25.1 Å². The summed E-state index contributed by atoms with van der Waals surface area (Å²) in [5, 5.41) is 2.94. The van der Waals surface area contributed by atoms with E-state index in [2.05, 4.69) is 5.32 Å². The highest BCUT2D eigenvalue weighted by Crippen LogP contribution is 2.26. The van der Waals surface area contributed by atoms with E-state index in [0.717, 1.165) is 11.4 Å². The summed E-state index contributed by atoms with van der Waals surface area (Å²) < 4.78 is 5.13. The van der Waals surface area contributed by atoms with Crippen LogP contribution in [0, 0.1) is 11.3 Å². The van der Waals surface area contributed by atoms with E-state index in [1.54, 1.807) is 12.0 Å². The molecule has 2 amide bonds. The van der Waals surface area contributed by atoms with E-state index in [0.29, 0.717) is 19.5 Å². The first-order valence-electron chi connectivity index (χ1n) is 7.54. The number of rotatable bonds is 4. The number of nitrogens with zero attached hydrogens (tertiary/aromatic N) is 1. The fourth-order valence-corrected chi connectivity index (χ4v) is 2.43. The topological polar surface area (TPSA) is 58.6 Å². The molecule has 1 atom stereocenters. The minimum atomic E-state index is -0.404. The van der Waals surface area contributed by atoms with Crippen molar-refractivity contribution in [3.63, 3.8) is 0 Å². The first kappa shape index (κ1) is 16.3. The number of hydrogen-bond donors (Lipinski definition) is 1.